The van der Waals surface area contributed by atoms with Crippen LogP contribution in [0.2, 0.25) is 0 Å². The Bertz CT molecular complexity index is 465. The van der Waals surface area contributed by atoms with Crippen LogP contribution in [0.4, 0.5) is 0 Å². The van der Waals surface area contributed by atoms with E-state index in [-0.39, 0.29) is 5.56 Å². The van der Waals surface area contributed by atoms with Crippen LogP contribution in [0.3, 0.4) is 0 Å². The maximum absolute atomic E-state index is 11.1. The fraction of sp³-hybridized carbons (Fsp3) is 0.588. The molecule has 21 heavy (non-hydrogen) atoms. The Hall–Kier alpha value is -1.55. The van der Waals surface area contributed by atoms with Crippen molar-refractivity contribution < 1.29 is 14.6 Å². The van der Waals surface area contributed by atoms with Crippen LogP contribution in [0.1, 0.15) is 37.0 Å². The van der Waals surface area contributed by atoms with Gasteiger partial charge in [0.15, 0.2) is 0 Å². The number of ether oxygens (including phenoxy) is 1. The lowest BCUT2D eigenvalue weighted by molar-refractivity contribution is 0.0691. The summed E-state index contributed by atoms with van der Waals surface area (Å²) >= 11 is 0. The van der Waals surface area contributed by atoms with E-state index >= 15 is 0 Å². The van der Waals surface area contributed by atoms with E-state index in [9.17, 15) is 4.79 Å². The third-order valence-corrected chi connectivity index (χ3v) is 3.94. The predicted molar refractivity (Wildman–Crippen MR) is 82.9 cm³/mol. The van der Waals surface area contributed by atoms with Crippen LogP contribution >= 0.6 is 0 Å². The van der Waals surface area contributed by atoms with E-state index in [4.69, 9.17) is 9.84 Å². The molecular weight excluding hydrogens is 266 g/mol. The Morgan fingerprint density at radius 2 is 1.95 bits per heavy atom. The van der Waals surface area contributed by atoms with Crippen LogP contribution < -0.4 is 4.74 Å². The zero-order valence-corrected chi connectivity index (χ0v) is 12.9. The number of likely N-dealkylation sites (tertiary alicyclic amines) is 1. The minimum absolute atomic E-state index is 0.234. The summed E-state index contributed by atoms with van der Waals surface area (Å²) in [5.74, 6) is 1.06. The highest BCUT2D eigenvalue weighted by Gasteiger charge is 2.21. The molecule has 1 N–H and O–H groups in total. The van der Waals surface area contributed by atoms with Crippen molar-refractivity contribution in [2.45, 2.75) is 26.7 Å². The second-order valence-corrected chi connectivity index (χ2v) is 6.21. The largest absolute Gasteiger partial charge is 0.493 e. The fourth-order valence-corrected chi connectivity index (χ4v) is 3.21. The zero-order chi connectivity index (χ0) is 15.2. The van der Waals surface area contributed by atoms with E-state index in [1.807, 2.05) is 0 Å². The molecule has 0 spiro atoms. The molecule has 0 bridgehead atoms. The molecule has 4 heteroatoms. The van der Waals surface area contributed by atoms with E-state index in [0.717, 1.165) is 37.9 Å². The molecular formula is C17H25NO3. The number of carboxylic acids is 1. The second-order valence-electron chi connectivity index (χ2n) is 6.21. The van der Waals surface area contributed by atoms with Crippen LogP contribution in [0.15, 0.2) is 24.3 Å². The van der Waals surface area contributed by atoms with Gasteiger partial charge in [0.05, 0.1) is 6.61 Å². The molecule has 1 heterocycles. The highest BCUT2D eigenvalue weighted by atomic mass is 16.5. The van der Waals surface area contributed by atoms with Gasteiger partial charge < -0.3 is 14.7 Å². The predicted octanol–water partition coefficient (Wildman–Crippen LogP) is 3.13. The van der Waals surface area contributed by atoms with Crippen molar-refractivity contribution in [2.24, 2.45) is 11.8 Å². The van der Waals surface area contributed by atoms with Gasteiger partial charge in [0.2, 0.25) is 0 Å². The Kier molecular flexibility index (Phi) is 5.62. The maximum Gasteiger partial charge on any atom is 0.339 e. The highest BCUT2D eigenvalue weighted by Crippen LogP contribution is 2.21. The molecule has 1 aromatic carbocycles. The second kappa shape index (κ2) is 7.46. The molecule has 1 aromatic rings. The molecule has 2 rings (SSSR count). The summed E-state index contributed by atoms with van der Waals surface area (Å²) in [5.41, 5.74) is 0.234. The minimum Gasteiger partial charge on any atom is -0.493 e. The van der Waals surface area contributed by atoms with Crippen LogP contribution in [-0.2, 0) is 0 Å². The van der Waals surface area contributed by atoms with Crippen molar-refractivity contribution in [1.29, 1.82) is 0 Å². The van der Waals surface area contributed by atoms with Crippen LogP contribution in [0.25, 0.3) is 0 Å². The lowest BCUT2D eigenvalue weighted by Crippen LogP contribution is -2.39. The maximum atomic E-state index is 11.1. The smallest absolute Gasteiger partial charge is 0.339 e. The number of benzene rings is 1. The number of carbonyl (C=O) groups is 1. The molecule has 2 atom stereocenters. The van der Waals surface area contributed by atoms with E-state index in [1.165, 1.54) is 6.42 Å². The molecule has 4 nitrogen and oxygen atoms in total. The van der Waals surface area contributed by atoms with Crippen molar-refractivity contribution >= 4 is 5.97 Å². The van der Waals surface area contributed by atoms with Gasteiger partial charge in [-0.05, 0) is 36.8 Å². The van der Waals surface area contributed by atoms with Crippen molar-refractivity contribution in [3.05, 3.63) is 29.8 Å². The molecule has 0 unspecified atom stereocenters. The van der Waals surface area contributed by atoms with Gasteiger partial charge in [-0.25, -0.2) is 4.79 Å². The lowest BCUT2D eigenvalue weighted by atomic mass is 9.92. The standard InChI is InChI=1S/C17H25NO3/c1-13-10-14(2)12-18(11-13)8-5-9-21-16-7-4-3-6-15(16)17(19)20/h3-4,6-7,13-14H,5,8-12H2,1-2H3,(H,19,20)/t13-,14-/m0/s1. The lowest BCUT2D eigenvalue weighted by Gasteiger charge is -2.34. The average Bonchev–Trinajstić information content (AvgIpc) is 2.43. The van der Waals surface area contributed by atoms with Gasteiger partial charge in [-0.2, -0.15) is 0 Å². The van der Waals surface area contributed by atoms with Crippen LogP contribution in [0.5, 0.6) is 5.75 Å². The molecule has 1 saturated heterocycles. The van der Waals surface area contributed by atoms with Crippen molar-refractivity contribution in [3.63, 3.8) is 0 Å². The van der Waals surface area contributed by atoms with Gasteiger partial charge >= 0.3 is 5.97 Å². The molecule has 1 aliphatic heterocycles. The van der Waals surface area contributed by atoms with E-state index < -0.39 is 5.97 Å². The van der Waals surface area contributed by atoms with Crippen molar-refractivity contribution in [2.75, 3.05) is 26.2 Å². The van der Waals surface area contributed by atoms with Gasteiger partial charge in [-0.3, -0.25) is 0 Å². The quantitative estimate of drug-likeness (QED) is 0.818. The van der Waals surface area contributed by atoms with Crippen LogP contribution in [-0.4, -0.2) is 42.2 Å². The number of hydrogen-bond acceptors (Lipinski definition) is 3. The first kappa shape index (κ1) is 15.8. The first-order valence-electron chi connectivity index (χ1n) is 7.73. The molecule has 1 aliphatic rings. The minimum atomic E-state index is -0.940. The SMILES string of the molecule is C[C@H]1C[C@H](C)CN(CCCOc2ccccc2C(=O)O)C1. The normalized spacial score (nSPS) is 23.0. The first-order valence-corrected chi connectivity index (χ1v) is 7.73. The fourth-order valence-electron chi connectivity index (χ4n) is 3.21. The summed E-state index contributed by atoms with van der Waals surface area (Å²) in [6.07, 6.45) is 2.24. The summed E-state index contributed by atoms with van der Waals surface area (Å²) in [4.78, 5) is 13.6. The zero-order valence-electron chi connectivity index (χ0n) is 12.9. The van der Waals surface area contributed by atoms with Crippen molar-refractivity contribution in [1.82, 2.24) is 4.90 Å². The van der Waals surface area contributed by atoms with Gasteiger partial charge in [0.25, 0.3) is 0 Å². The topological polar surface area (TPSA) is 49.8 Å². The number of piperidine rings is 1. The summed E-state index contributed by atoms with van der Waals surface area (Å²) in [7, 11) is 0. The molecule has 0 aliphatic carbocycles. The van der Waals surface area contributed by atoms with Gasteiger partial charge in [0.1, 0.15) is 11.3 Å². The summed E-state index contributed by atoms with van der Waals surface area (Å²) < 4.78 is 5.64. The number of carboxylic acid groups (broad SMARTS) is 1. The van der Waals surface area contributed by atoms with E-state index in [1.54, 1.807) is 24.3 Å². The average molecular weight is 291 g/mol. The van der Waals surface area contributed by atoms with Crippen LogP contribution in [0, 0.1) is 11.8 Å². The number of aromatic carboxylic acids is 1. The Balaban J connectivity index is 1.76. The van der Waals surface area contributed by atoms with Gasteiger partial charge in [-0.1, -0.05) is 26.0 Å². The molecule has 116 valence electrons. The van der Waals surface area contributed by atoms with Gasteiger partial charge in [-0.15, -0.1) is 0 Å². The number of nitrogens with zero attached hydrogens (tertiary/aromatic N) is 1. The number of para-hydroxylation sites is 1. The third-order valence-electron chi connectivity index (χ3n) is 3.94. The first-order chi connectivity index (χ1) is 10.1. The molecule has 0 radical (unpaired) electrons. The monoisotopic (exact) mass is 291 g/mol. The van der Waals surface area contributed by atoms with E-state index in [2.05, 4.69) is 18.7 Å². The molecule has 0 saturated carbocycles. The Labute approximate surface area is 126 Å². The summed E-state index contributed by atoms with van der Waals surface area (Å²) in [6, 6.07) is 6.81. The molecule has 0 amide bonds. The molecule has 1 fully saturated rings. The van der Waals surface area contributed by atoms with Crippen molar-refractivity contribution in [3.8, 4) is 5.75 Å². The number of hydrogen-bond donors (Lipinski definition) is 1. The number of rotatable bonds is 6. The summed E-state index contributed by atoms with van der Waals surface area (Å²) in [6.45, 7) is 8.52. The molecule has 0 aromatic heterocycles. The summed E-state index contributed by atoms with van der Waals surface area (Å²) in [5, 5.41) is 9.10. The Morgan fingerprint density at radius 3 is 2.62 bits per heavy atom. The Morgan fingerprint density at radius 1 is 1.29 bits per heavy atom. The third kappa shape index (κ3) is 4.74. The van der Waals surface area contributed by atoms with E-state index in [0.29, 0.717) is 12.4 Å². The highest BCUT2D eigenvalue weighted by molar-refractivity contribution is 5.90. The van der Waals surface area contributed by atoms with Gasteiger partial charge in [0, 0.05) is 19.6 Å².